The molecule has 110 valence electrons. The minimum atomic E-state index is -0.498. The van der Waals surface area contributed by atoms with Crippen molar-refractivity contribution in [2.24, 2.45) is 5.92 Å². The topological polar surface area (TPSA) is 38.3 Å². The van der Waals surface area contributed by atoms with Crippen molar-refractivity contribution in [1.82, 2.24) is 5.32 Å². The summed E-state index contributed by atoms with van der Waals surface area (Å²) in [6.07, 6.45) is 0. The molecular weight excluding hydrogens is 257 g/mol. The molecule has 20 heavy (non-hydrogen) atoms. The first kappa shape index (κ1) is 15.0. The Hall–Kier alpha value is -1.42. The smallest absolute Gasteiger partial charge is 0.311 e. The molecule has 0 bridgehead atoms. The summed E-state index contributed by atoms with van der Waals surface area (Å²) in [5.74, 6) is -0.751. The third-order valence-electron chi connectivity index (χ3n) is 3.42. The number of rotatable bonds is 2. The van der Waals surface area contributed by atoms with E-state index in [4.69, 9.17) is 4.74 Å². The molecule has 1 N–H and O–H groups in total. The van der Waals surface area contributed by atoms with E-state index in [1.165, 1.54) is 12.1 Å². The van der Waals surface area contributed by atoms with E-state index >= 15 is 0 Å². The van der Waals surface area contributed by atoms with Crippen LogP contribution < -0.4 is 5.32 Å². The lowest BCUT2D eigenvalue weighted by Crippen LogP contribution is -2.31. The molecule has 0 aromatic heterocycles. The summed E-state index contributed by atoms with van der Waals surface area (Å²) in [5, 5.41) is 3.20. The van der Waals surface area contributed by atoms with Gasteiger partial charge >= 0.3 is 5.97 Å². The van der Waals surface area contributed by atoms with E-state index in [2.05, 4.69) is 5.32 Å². The Labute approximate surface area is 119 Å². The lowest BCUT2D eigenvalue weighted by atomic mass is 9.88. The van der Waals surface area contributed by atoms with Crippen molar-refractivity contribution < 1.29 is 13.9 Å². The second-order valence-electron chi connectivity index (χ2n) is 6.47. The highest BCUT2D eigenvalue weighted by Gasteiger charge is 2.37. The molecule has 2 rings (SSSR count). The van der Waals surface area contributed by atoms with Gasteiger partial charge in [-0.2, -0.15) is 0 Å². The first-order valence-electron chi connectivity index (χ1n) is 6.97. The number of esters is 1. The molecule has 1 aromatic rings. The molecule has 0 saturated carbocycles. The lowest BCUT2D eigenvalue weighted by molar-refractivity contribution is -0.159. The second-order valence-corrected chi connectivity index (χ2v) is 6.47. The molecular formula is C16H22FNO2. The second kappa shape index (κ2) is 5.52. The van der Waals surface area contributed by atoms with Crippen LogP contribution in [0.4, 0.5) is 4.39 Å². The molecule has 1 aliphatic rings. The van der Waals surface area contributed by atoms with Crippen molar-refractivity contribution in [3.05, 3.63) is 35.1 Å². The molecule has 0 aliphatic carbocycles. The van der Waals surface area contributed by atoms with Crippen LogP contribution in [-0.4, -0.2) is 24.7 Å². The Morgan fingerprint density at radius 3 is 2.60 bits per heavy atom. The SMILES string of the molecule is Cc1cc(F)cc(C2CNCC2C(=O)OC(C)(C)C)c1. The number of nitrogens with one attached hydrogen (secondary N) is 1. The van der Waals surface area contributed by atoms with E-state index in [0.717, 1.165) is 11.1 Å². The van der Waals surface area contributed by atoms with Crippen LogP contribution in [0.1, 0.15) is 37.8 Å². The predicted octanol–water partition coefficient (Wildman–Crippen LogP) is 2.78. The molecule has 3 nitrogen and oxygen atoms in total. The van der Waals surface area contributed by atoms with Crippen molar-refractivity contribution in [1.29, 1.82) is 0 Å². The van der Waals surface area contributed by atoms with E-state index in [1.807, 2.05) is 33.8 Å². The van der Waals surface area contributed by atoms with E-state index in [9.17, 15) is 9.18 Å². The molecule has 2 atom stereocenters. The fraction of sp³-hybridized carbons (Fsp3) is 0.562. The van der Waals surface area contributed by atoms with E-state index < -0.39 is 5.60 Å². The normalized spacial score (nSPS) is 22.9. The van der Waals surface area contributed by atoms with Gasteiger partial charge in [0.1, 0.15) is 11.4 Å². The molecule has 2 unspecified atom stereocenters. The van der Waals surface area contributed by atoms with Gasteiger partial charge in [0, 0.05) is 19.0 Å². The molecule has 1 heterocycles. The predicted molar refractivity (Wildman–Crippen MR) is 76.1 cm³/mol. The monoisotopic (exact) mass is 279 g/mol. The quantitative estimate of drug-likeness (QED) is 0.846. The Morgan fingerprint density at radius 1 is 1.30 bits per heavy atom. The van der Waals surface area contributed by atoms with Gasteiger partial charge < -0.3 is 10.1 Å². The highest BCUT2D eigenvalue weighted by molar-refractivity contribution is 5.75. The molecule has 1 aliphatic heterocycles. The standard InChI is InChI=1S/C16H22FNO2/c1-10-5-11(7-12(17)6-10)13-8-18-9-14(13)15(19)20-16(2,3)4/h5-7,13-14,18H,8-9H2,1-4H3. The summed E-state index contributed by atoms with van der Waals surface area (Å²) in [4.78, 5) is 12.3. The maximum absolute atomic E-state index is 13.5. The third kappa shape index (κ3) is 3.57. The summed E-state index contributed by atoms with van der Waals surface area (Å²) < 4.78 is 19.0. The van der Waals surface area contributed by atoms with Gasteiger partial charge in [-0.1, -0.05) is 6.07 Å². The summed E-state index contributed by atoms with van der Waals surface area (Å²) in [5.41, 5.74) is 1.24. The largest absolute Gasteiger partial charge is 0.460 e. The number of carbonyl (C=O) groups is 1. The maximum Gasteiger partial charge on any atom is 0.311 e. The first-order valence-corrected chi connectivity index (χ1v) is 6.97. The van der Waals surface area contributed by atoms with Crippen molar-refractivity contribution in [3.8, 4) is 0 Å². The maximum atomic E-state index is 13.5. The van der Waals surface area contributed by atoms with Crippen LogP contribution in [0, 0.1) is 18.7 Å². The van der Waals surface area contributed by atoms with Crippen LogP contribution in [0.2, 0.25) is 0 Å². The minimum Gasteiger partial charge on any atom is -0.460 e. The van der Waals surface area contributed by atoms with Crippen LogP contribution in [0.15, 0.2) is 18.2 Å². The molecule has 1 saturated heterocycles. The van der Waals surface area contributed by atoms with Gasteiger partial charge in [-0.05, 0) is 51.0 Å². The number of halogens is 1. The summed E-state index contributed by atoms with van der Waals surface area (Å²) in [6.45, 7) is 8.68. The van der Waals surface area contributed by atoms with Crippen molar-refractivity contribution in [2.75, 3.05) is 13.1 Å². The zero-order valence-corrected chi connectivity index (χ0v) is 12.5. The number of benzene rings is 1. The van der Waals surface area contributed by atoms with Crippen molar-refractivity contribution in [3.63, 3.8) is 0 Å². The van der Waals surface area contributed by atoms with Gasteiger partial charge in [0.25, 0.3) is 0 Å². The lowest BCUT2D eigenvalue weighted by Gasteiger charge is -2.24. The van der Waals surface area contributed by atoms with Gasteiger partial charge in [-0.3, -0.25) is 4.79 Å². The van der Waals surface area contributed by atoms with Gasteiger partial charge in [-0.15, -0.1) is 0 Å². The first-order chi connectivity index (χ1) is 9.26. The van der Waals surface area contributed by atoms with Crippen molar-refractivity contribution >= 4 is 5.97 Å². The summed E-state index contributed by atoms with van der Waals surface area (Å²) in [6, 6.07) is 4.95. The number of carbonyl (C=O) groups excluding carboxylic acids is 1. The van der Waals surface area contributed by atoms with Crippen LogP contribution in [0.5, 0.6) is 0 Å². The third-order valence-corrected chi connectivity index (χ3v) is 3.42. The molecule has 0 spiro atoms. The average molecular weight is 279 g/mol. The zero-order valence-electron chi connectivity index (χ0n) is 12.5. The highest BCUT2D eigenvalue weighted by Crippen LogP contribution is 2.31. The fourth-order valence-corrected chi connectivity index (χ4v) is 2.63. The number of hydrogen-bond acceptors (Lipinski definition) is 3. The Morgan fingerprint density at radius 2 is 2.00 bits per heavy atom. The highest BCUT2D eigenvalue weighted by atomic mass is 19.1. The number of hydrogen-bond donors (Lipinski definition) is 1. The van der Waals surface area contributed by atoms with Gasteiger partial charge in [-0.25, -0.2) is 4.39 Å². The Balaban J connectivity index is 2.20. The molecule has 1 fully saturated rings. The molecule has 0 radical (unpaired) electrons. The van der Waals surface area contributed by atoms with Gasteiger partial charge in [0.2, 0.25) is 0 Å². The Kier molecular flexibility index (Phi) is 4.14. The summed E-state index contributed by atoms with van der Waals surface area (Å²) >= 11 is 0. The van der Waals surface area contributed by atoms with E-state index in [-0.39, 0.29) is 23.6 Å². The zero-order chi connectivity index (χ0) is 14.9. The molecule has 1 aromatic carbocycles. The van der Waals surface area contributed by atoms with Crippen LogP contribution in [0.25, 0.3) is 0 Å². The Bertz CT molecular complexity index is 487. The van der Waals surface area contributed by atoms with Crippen LogP contribution in [-0.2, 0) is 9.53 Å². The number of aryl methyl sites for hydroxylation is 1. The average Bonchev–Trinajstić information content (AvgIpc) is 2.73. The summed E-state index contributed by atoms with van der Waals surface area (Å²) in [7, 11) is 0. The van der Waals surface area contributed by atoms with Gasteiger partial charge in [0.15, 0.2) is 0 Å². The van der Waals surface area contributed by atoms with E-state index in [1.54, 1.807) is 0 Å². The minimum absolute atomic E-state index is 0.0285. The molecule has 4 heteroatoms. The van der Waals surface area contributed by atoms with Crippen molar-refractivity contribution in [2.45, 2.75) is 39.2 Å². The number of ether oxygens (including phenoxy) is 1. The van der Waals surface area contributed by atoms with Crippen LogP contribution in [0.3, 0.4) is 0 Å². The van der Waals surface area contributed by atoms with E-state index in [0.29, 0.717) is 13.1 Å². The van der Waals surface area contributed by atoms with Gasteiger partial charge in [0.05, 0.1) is 5.92 Å². The molecule has 0 amide bonds. The van der Waals surface area contributed by atoms with Crippen LogP contribution >= 0.6 is 0 Å². The fourth-order valence-electron chi connectivity index (χ4n) is 2.63.